The van der Waals surface area contributed by atoms with Crippen molar-refractivity contribution < 1.29 is 9.21 Å². The maximum atomic E-state index is 11.7. The number of nitrogens with one attached hydrogen (secondary N) is 2. The maximum absolute atomic E-state index is 11.7. The van der Waals surface area contributed by atoms with E-state index in [4.69, 9.17) is 4.42 Å². The summed E-state index contributed by atoms with van der Waals surface area (Å²) in [4.78, 5) is 11.7. The Kier molecular flexibility index (Phi) is 3.79. The second-order valence-electron chi connectivity index (χ2n) is 3.60. The van der Waals surface area contributed by atoms with E-state index in [1.807, 2.05) is 0 Å². The van der Waals surface area contributed by atoms with Crippen molar-refractivity contribution in [3.8, 4) is 0 Å². The van der Waals surface area contributed by atoms with Crippen LogP contribution in [0.25, 0.3) is 0 Å². The Morgan fingerprint density at radius 3 is 3.12 bits per heavy atom. The second-order valence-corrected chi connectivity index (χ2v) is 4.45. The number of hydrogen-bond donors (Lipinski definition) is 2. The zero-order valence-electron chi connectivity index (χ0n) is 8.75. The summed E-state index contributed by atoms with van der Waals surface area (Å²) in [5.74, 6) is 0.144. The Morgan fingerprint density at radius 2 is 2.50 bits per heavy atom. The molecule has 0 spiro atoms. The molecule has 0 aliphatic carbocycles. The van der Waals surface area contributed by atoms with Gasteiger partial charge in [0.25, 0.3) is 5.91 Å². The van der Waals surface area contributed by atoms with Crippen LogP contribution in [0.4, 0.5) is 0 Å². The molecule has 1 amide bonds. The Labute approximate surface area is 102 Å². The van der Waals surface area contributed by atoms with Gasteiger partial charge in [-0.05, 0) is 35.0 Å². The molecule has 0 unspecified atom stereocenters. The Balaban J connectivity index is 1.89. The molecule has 5 heteroatoms. The highest BCUT2D eigenvalue weighted by Gasteiger charge is 2.13. The molecule has 0 saturated carbocycles. The molecule has 2 rings (SSSR count). The van der Waals surface area contributed by atoms with Crippen LogP contribution in [0.2, 0.25) is 0 Å². The summed E-state index contributed by atoms with van der Waals surface area (Å²) in [7, 11) is 0. The van der Waals surface area contributed by atoms with Crippen LogP contribution < -0.4 is 10.6 Å². The van der Waals surface area contributed by atoms with E-state index in [2.05, 4.69) is 32.6 Å². The van der Waals surface area contributed by atoms with Gasteiger partial charge in [-0.2, -0.15) is 0 Å². The lowest BCUT2D eigenvalue weighted by molar-refractivity contribution is 0.0928. The standard InChI is InChI=1S/C11H13BrN2O2/c12-9-3-6-16-10(9)11(15)14-7-8-1-4-13-5-2-8/h1,3,6,13H,2,4-5,7H2,(H,14,15). The van der Waals surface area contributed by atoms with Gasteiger partial charge in [-0.3, -0.25) is 4.79 Å². The zero-order chi connectivity index (χ0) is 11.4. The summed E-state index contributed by atoms with van der Waals surface area (Å²) in [6, 6.07) is 1.71. The van der Waals surface area contributed by atoms with Crippen LogP contribution in [0.5, 0.6) is 0 Å². The van der Waals surface area contributed by atoms with E-state index in [0.29, 0.717) is 16.8 Å². The SMILES string of the molecule is O=C(NCC1=CCNCC1)c1occc1Br. The molecule has 86 valence electrons. The van der Waals surface area contributed by atoms with Crippen molar-refractivity contribution in [3.05, 3.63) is 34.2 Å². The molecule has 1 aliphatic rings. The van der Waals surface area contributed by atoms with E-state index in [1.165, 1.54) is 11.8 Å². The van der Waals surface area contributed by atoms with Gasteiger partial charge in [0.1, 0.15) is 0 Å². The quantitative estimate of drug-likeness (QED) is 0.831. The summed E-state index contributed by atoms with van der Waals surface area (Å²) < 4.78 is 5.76. The summed E-state index contributed by atoms with van der Waals surface area (Å²) >= 11 is 3.25. The van der Waals surface area contributed by atoms with E-state index in [0.717, 1.165) is 19.5 Å². The molecular weight excluding hydrogens is 272 g/mol. The fourth-order valence-corrected chi connectivity index (χ4v) is 1.94. The summed E-state index contributed by atoms with van der Waals surface area (Å²) in [5, 5.41) is 6.06. The van der Waals surface area contributed by atoms with E-state index < -0.39 is 0 Å². The van der Waals surface area contributed by atoms with Crippen LogP contribution in [0, 0.1) is 0 Å². The minimum Gasteiger partial charge on any atom is -0.458 e. The lowest BCUT2D eigenvalue weighted by Crippen LogP contribution is -2.29. The molecule has 0 atom stereocenters. The maximum Gasteiger partial charge on any atom is 0.288 e. The van der Waals surface area contributed by atoms with Gasteiger partial charge in [0.2, 0.25) is 5.76 Å². The topological polar surface area (TPSA) is 54.3 Å². The van der Waals surface area contributed by atoms with Crippen LogP contribution in [0.15, 0.2) is 32.9 Å². The van der Waals surface area contributed by atoms with E-state index in [-0.39, 0.29) is 5.91 Å². The number of carbonyl (C=O) groups excluding carboxylic acids is 1. The molecule has 1 aromatic rings. The summed E-state index contributed by atoms with van der Waals surface area (Å²) in [6.07, 6.45) is 4.59. The van der Waals surface area contributed by atoms with Gasteiger partial charge in [0.15, 0.2) is 0 Å². The van der Waals surface area contributed by atoms with Crippen molar-refractivity contribution in [1.82, 2.24) is 10.6 Å². The van der Waals surface area contributed by atoms with Crippen LogP contribution in [-0.4, -0.2) is 25.5 Å². The minimum absolute atomic E-state index is 0.184. The predicted molar refractivity (Wildman–Crippen MR) is 64.3 cm³/mol. The average molecular weight is 285 g/mol. The van der Waals surface area contributed by atoms with Crippen LogP contribution in [-0.2, 0) is 0 Å². The van der Waals surface area contributed by atoms with Gasteiger partial charge in [-0.1, -0.05) is 11.6 Å². The Hall–Kier alpha value is -1.07. The fraction of sp³-hybridized carbons (Fsp3) is 0.364. The lowest BCUT2D eigenvalue weighted by atomic mass is 10.1. The number of carbonyl (C=O) groups is 1. The number of halogens is 1. The molecule has 0 aromatic carbocycles. The molecule has 0 fully saturated rings. The zero-order valence-corrected chi connectivity index (χ0v) is 10.3. The molecule has 1 aromatic heterocycles. The van der Waals surface area contributed by atoms with Crippen molar-refractivity contribution >= 4 is 21.8 Å². The predicted octanol–water partition coefficient (Wildman–Crippen LogP) is 1.69. The number of hydrogen-bond acceptors (Lipinski definition) is 3. The van der Waals surface area contributed by atoms with Crippen molar-refractivity contribution in [1.29, 1.82) is 0 Å². The van der Waals surface area contributed by atoms with Crippen LogP contribution in [0.1, 0.15) is 17.0 Å². The first kappa shape index (κ1) is 11.4. The van der Waals surface area contributed by atoms with Crippen molar-refractivity contribution in [2.45, 2.75) is 6.42 Å². The van der Waals surface area contributed by atoms with E-state index in [9.17, 15) is 4.79 Å². The second kappa shape index (κ2) is 5.32. The Bertz CT molecular complexity index is 412. The molecule has 1 aliphatic heterocycles. The van der Waals surface area contributed by atoms with Crippen molar-refractivity contribution in [2.75, 3.05) is 19.6 Å². The largest absolute Gasteiger partial charge is 0.458 e. The van der Waals surface area contributed by atoms with Gasteiger partial charge in [0.05, 0.1) is 10.7 Å². The van der Waals surface area contributed by atoms with Crippen LogP contribution in [0.3, 0.4) is 0 Å². The molecule has 4 nitrogen and oxygen atoms in total. The monoisotopic (exact) mass is 284 g/mol. The first-order valence-electron chi connectivity index (χ1n) is 5.17. The average Bonchev–Trinajstić information content (AvgIpc) is 2.74. The number of rotatable bonds is 3. The van der Waals surface area contributed by atoms with Crippen molar-refractivity contribution in [2.24, 2.45) is 0 Å². The molecule has 2 heterocycles. The highest BCUT2D eigenvalue weighted by molar-refractivity contribution is 9.10. The highest BCUT2D eigenvalue weighted by Crippen LogP contribution is 2.17. The lowest BCUT2D eigenvalue weighted by Gasteiger charge is -2.14. The molecular formula is C11H13BrN2O2. The van der Waals surface area contributed by atoms with Gasteiger partial charge in [-0.15, -0.1) is 0 Å². The summed E-state index contributed by atoms with van der Waals surface area (Å²) in [6.45, 7) is 2.45. The number of amides is 1. The van der Waals surface area contributed by atoms with E-state index in [1.54, 1.807) is 6.07 Å². The number of furan rings is 1. The van der Waals surface area contributed by atoms with Crippen LogP contribution >= 0.6 is 15.9 Å². The highest BCUT2D eigenvalue weighted by atomic mass is 79.9. The Morgan fingerprint density at radius 1 is 1.62 bits per heavy atom. The van der Waals surface area contributed by atoms with Gasteiger partial charge in [-0.25, -0.2) is 0 Å². The van der Waals surface area contributed by atoms with Crippen molar-refractivity contribution in [3.63, 3.8) is 0 Å². The van der Waals surface area contributed by atoms with E-state index >= 15 is 0 Å². The first-order valence-corrected chi connectivity index (χ1v) is 5.96. The van der Waals surface area contributed by atoms with Gasteiger partial charge in [0, 0.05) is 13.1 Å². The molecule has 2 N–H and O–H groups in total. The fourth-order valence-electron chi connectivity index (χ4n) is 1.56. The third-order valence-electron chi connectivity index (χ3n) is 2.46. The summed E-state index contributed by atoms with van der Waals surface area (Å²) in [5.41, 5.74) is 1.26. The third kappa shape index (κ3) is 2.74. The molecule has 16 heavy (non-hydrogen) atoms. The molecule has 0 bridgehead atoms. The minimum atomic E-state index is -0.184. The first-order chi connectivity index (χ1) is 7.77. The normalized spacial score (nSPS) is 15.7. The molecule has 0 saturated heterocycles. The third-order valence-corrected chi connectivity index (χ3v) is 3.08. The van der Waals surface area contributed by atoms with Gasteiger partial charge < -0.3 is 15.1 Å². The molecule has 0 radical (unpaired) electrons. The van der Waals surface area contributed by atoms with Gasteiger partial charge >= 0.3 is 0 Å². The smallest absolute Gasteiger partial charge is 0.288 e.